The van der Waals surface area contributed by atoms with Gasteiger partial charge in [0.15, 0.2) is 0 Å². The lowest BCUT2D eigenvalue weighted by Gasteiger charge is -2.35. The van der Waals surface area contributed by atoms with Crippen LogP contribution in [-0.4, -0.2) is 38.3 Å². The molecule has 1 aromatic heterocycles. The third-order valence-electron chi connectivity index (χ3n) is 4.21. The largest absolute Gasteiger partial charge is 0.481 e. The molecular weight excluding hydrogens is 290 g/mol. The molecule has 0 spiro atoms. The average molecular weight is 314 g/mol. The second-order valence-corrected chi connectivity index (χ2v) is 5.97. The number of halogens is 1. The number of piperidine rings is 1. The molecule has 0 radical (unpaired) electrons. The molecule has 1 aliphatic heterocycles. The first kappa shape index (κ1) is 16.3. The number of hydrogen-bond donors (Lipinski definition) is 1. The number of carboxylic acids is 1. The summed E-state index contributed by atoms with van der Waals surface area (Å²) >= 11 is 6.45. The summed E-state index contributed by atoms with van der Waals surface area (Å²) in [5, 5.41) is 14.4. The van der Waals surface area contributed by atoms with E-state index in [4.69, 9.17) is 16.7 Å². The summed E-state index contributed by atoms with van der Waals surface area (Å²) in [6.07, 6.45) is 4.20. The van der Waals surface area contributed by atoms with E-state index in [0.29, 0.717) is 6.54 Å². The van der Waals surface area contributed by atoms with Gasteiger partial charge in [-0.3, -0.25) is 14.4 Å². The number of aromatic nitrogens is 2. The summed E-state index contributed by atoms with van der Waals surface area (Å²) in [7, 11) is 0. The first-order chi connectivity index (χ1) is 10.1. The lowest BCUT2D eigenvalue weighted by molar-refractivity contribution is -0.138. The molecule has 1 saturated heterocycles. The van der Waals surface area contributed by atoms with Crippen LogP contribution in [0.15, 0.2) is 0 Å². The van der Waals surface area contributed by atoms with Gasteiger partial charge in [0.1, 0.15) is 0 Å². The van der Waals surface area contributed by atoms with E-state index in [-0.39, 0.29) is 12.5 Å². The van der Waals surface area contributed by atoms with Crippen molar-refractivity contribution in [2.75, 3.05) is 6.54 Å². The van der Waals surface area contributed by atoms with E-state index in [2.05, 4.69) is 16.9 Å². The van der Waals surface area contributed by atoms with Gasteiger partial charge in [-0.15, -0.1) is 0 Å². The van der Waals surface area contributed by atoms with Gasteiger partial charge in [0, 0.05) is 19.1 Å². The van der Waals surface area contributed by atoms with E-state index in [9.17, 15) is 4.79 Å². The second kappa shape index (κ2) is 7.27. The lowest BCUT2D eigenvalue weighted by atomic mass is 9.99. The fraction of sp³-hybridized carbons (Fsp3) is 0.733. The molecule has 6 heteroatoms. The Hall–Kier alpha value is -1.07. The Kier molecular flexibility index (Phi) is 5.65. The van der Waals surface area contributed by atoms with Crippen molar-refractivity contribution >= 4 is 17.6 Å². The molecular formula is C15H24ClN3O2. The molecule has 2 heterocycles. The summed E-state index contributed by atoms with van der Waals surface area (Å²) in [6.45, 7) is 6.51. The Morgan fingerprint density at radius 1 is 1.43 bits per heavy atom. The third kappa shape index (κ3) is 3.77. The van der Waals surface area contributed by atoms with Crippen molar-refractivity contribution in [3.63, 3.8) is 0 Å². The predicted molar refractivity (Wildman–Crippen MR) is 82.6 cm³/mol. The van der Waals surface area contributed by atoms with Gasteiger partial charge in [-0.05, 0) is 32.7 Å². The van der Waals surface area contributed by atoms with E-state index < -0.39 is 5.97 Å². The lowest BCUT2D eigenvalue weighted by Crippen LogP contribution is -2.40. The second-order valence-electron chi connectivity index (χ2n) is 5.59. The molecule has 0 bridgehead atoms. The van der Waals surface area contributed by atoms with Crippen LogP contribution in [0, 0.1) is 0 Å². The fourth-order valence-electron chi connectivity index (χ4n) is 3.06. The van der Waals surface area contributed by atoms with Crippen LogP contribution in [-0.2, 0) is 24.3 Å². The Labute approximate surface area is 130 Å². The van der Waals surface area contributed by atoms with Gasteiger partial charge >= 0.3 is 5.97 Å². The number of aliphatic carboxylic acids is 1. The smallest absolute Gasteiger partial charge is 0.304 e. The number of aryl methyl sites for hydroxylation is 2. The van der Waals surface area contributed by atoms with Gasteiger partial charge in [0.25, 0.3) is 0 Å². The molecule has 2 rings (SSSR count). The molecule has 1 unspecified atom stereocenters. The highest BCUT2D eigenvalue weighted by Crippen LogP contribution is 2.27. The molecule has 21 heavy (non-hydrogen) atoms. The Morgan fingerprint density at radius 2 is 2.19 bits per heavy atom. The van der Waals surface area contributed by atoms with Gasteiger partial charge in [-0.2, -0.15) is 5.10 Å². The number of carbonyl (C=O) groups is 1. The predicted octanol–water partition coefficient (Wildman–Crippen LogP) is 2.95. The third-order valence-corrected chi connectivity index (χ3v) is 4.64. The van der Waals surface area contributed by atoms with Gasteiger partial charge in [-0.1, -0.05) is 24.9 Å². The molecule has 5 nitrogen and oxygen atoms in total. The van der Waals surface area contributed by atoms with Crippen molar-refractivity contribution < 1.29 is 9.90 Å². The fourth-order valence-corrected chi connectivity index (χ4v) is 3.39. The zero-order valence-corrected chi connectivity index (χ0v) is 13.6. The Balaban J connectivity index is 2.18. The minimum Gasteiger partial charge on any atom is -0.481 e. The molecule has 0 aromatic carbocycles. The average Bonchev–Trinajstić information content (AvgIpc) is 2.77. The Bertz CT molecular complexity index is 501. The van der Waals surface area contributed by atoms with E-state index in [1.54, 1.807) is 0 Å². The molecule has 1 aliphatic rings. The Morgan fingerprint density at radius 3 is 2.81 bits per heavy atom. The van der Waals surface area contributed by atoms with Crippen LogP contribution in [0.2, 0.25) is 5.02 Å². The van der Waals surface area contributed by atoms with Crippen molar-refractivity contribution in [1.29, 1.82) is 0 Å². The molecule has 1 aromatic rings. The minimum absolute atomic E-state index is 0.109. The van der Waals surface area contributed by atoms with E-state index in [0.717, 1.165) is 55.2 Å². The quantitative estimate of drug-likeness (QED) is 0.877. The highest BCUT2D eigenvalue weighted by Gasteiger charge is 2.27. The SMILES string of the molecule is CCc1nn(CC)c(CN2CCCCC2CC(=O)O)c1Cl. The summed E-state index contributed by atoms with van der Waals surface area (Å²) < 4.78 is 1.95. The molecule has 0 saturated carbocycles. The number of nitrogens with zero attached hydrogens (tertiary/aromatic N) is 3. The molecule has 0 amide bonds. The summed E-state index contributed by atoms with van der Waals surface area (Å²) in [4.78, 5) is 13.3. The van der Waals surface area contributed by atoms with Crippen LogP contribution >= 0.6 is 11.6 Å². The number of rotatable bonds is 6. The highest BCUT2D eigenvalue weighted by molar-refractivity contribution is 6.31. The maximum atomic E-state index is 11.0. The van der Waals surface area contributed by atoms with Crippen molar-refractivity contribution in [3.05, 3.63) is 16.4 Å². The van der Waals surface area contributed by atoms with Crippen LogP contribution in [0.4, 0.5) is 0 Å². The van der Waals surface area contributed by atoms with E-state index in [1.165, 1.54) is 0 Å². The molecule has 1 fully saturated rings. The van der Waals surface area contributed by atoms with Crippen molar-refractivity contribution in [1.82, 2.24) is 14.7 Å². The van der Waals surface area contributed by atoms with Crippen LogP contribution in [0.3, 0.4) is 0 Å². The standard InChI is InChI=1S/C15H24ClN3O2/c1-3-12-15(16)13(19(4-2)17-12)10-18-8-6-5-7-11(18)9-14(20)21/h11H,3-10H2,1-2H3,(H,20,21). The zero-order valence-electron chi connectivity index (χ0n) is 12.8. The molecule has 0 aliphatic carbocycles. The van der Waals surface area contributed by atoms with E-state index >= 15 is 0 Å². The zero-order chi connectivity index (χ0) is 15.4. The van der Waals surface area contributed by atoms with Crippen LogP contribution in [0.1, 0.15) is 50.9 Å². The minimum atomic E-state index is -0.726. The van der Waals surface area contributed by atoms with Gasteiger partial charge in [0.2, 0.25) is 0 Å². The highest BCUT2D eigenvalue weighted by atomic mass is 35.5. The van der Waals surface area contributed by atoms with Gasteiger partial charge in [0.05, 0.1) is 22.8 Å². The van der Waals surface area contributed by atoms with Crippen LogP contribution < -0.4 is 0 Å². The topological polar surface area (TPSA) is 58.4 Å². The van der Waals surface area contributed by atoms with Gasteiger partial charge in [-0.25, -0.2) is 0 Å². The van der Waals surface area contributed by atoms with Crippen LogP contribution in [0.25, 0.3) is 0 Å². The first-order valence-corrected chi connectivity index (χ1v) is 8.14. The first-order valence-electron chi connectivity index (χ1n) is 7.76. The summed E-state index contributed by atoms with van der Waals surface area (Å²) in [5.74, 6) is -0.726. The van der Waals surface area contributed by atoms with E-state index in [1.807, 2.05) is 11.6 Å². The maximum Gasteiger partial charge on any atom is 0.304 e. The number of hydrogen-bond acceptors (Lipinski definition) is 3. The molecule has 1 atom stereocenters. The summed E-state index contributed by atoms with van der Waals surface area (Å²) in [5.41, 5.74) is 1.95. The number of likely N-dealkylation sites (tertiary alicyclic amines) is 1. The maximum absolute atomic E-state index is 11.0. The van der Waals surface area contributed by atoms with Crippen molar-refractivity contribution in [2.45, 2.75) is 65.1 Å². The normalized spacial score (nSPS) is 19.9. The van der Waals surface area contributed by atoms with Crippen LogP contribution in [0.5, 0.6) is 0 Å². The molecule has 1 N–H and O–H groups in total. The van der Waals surface area contributed by atoms with Crippen molar-refractivity contribution in [3.8, 4) is 0 Å². The monoisotopic (exact) mass is 313 g/mol. The van der Waals surface area contributed by atoms with Gasteiger partial charge < -0.3 is 5.11 Å². The molecule has 118 valence electrons. The summed E-state index contributed by atoms with van der Waals surface area (Å²) in [6, 6.07) is 0.109. The van der Waals surface area contributed by atoms with Crippen molar-refractivity contribution in [2.24, 2.45) is 0 Å². The number of carboxylic acid groups (broad SMARTS) is 1.